The normalized spacial score (nSPS) is 28.3. The van der Waals surface area contributed by atoms with Gasteiger partial charge in [0.15, 0.2) is 0 Å². The second-order valence-electron chi connectivity index (χ2n) is 6.62. The number of nitrogens with zero attached hydrogens (tertiary/aromatic N) is 1. The van der Waals surface area contributed by atoms with Crippen molar-refractivity contribution in [1.82, 2.24) is 10.2 Å². The van der Waals surface area contributed by atoms with Crippen LogP contribution in [0.3, 0.4) is 0 Å². The van der Waals surface area contributed by atoms with Crippen LogP contribution in [0.5, 0.6) is 5.75 Å². The van der Waals surface area contributed by atoms with Crippen LogP contribution in [0.1, 0.15) is 32.3 Å². The quantitative estimate of drug-likeness (QED) is 0.893. The molecule has 2 heterocycles. The molecule has 3 rings (SSSR count). The van der Waals surface area contributed by atoms with E-state index in [2.05, 4.69) is 48.3 Å². The molecule has 1 aromatic carbocycles. The zero-order valence-electron chi connectivity index (χ0n) is 14.2. The van der Waals surface area contributed by atoms with Gasteiger partial charge in [-0.15, -0.1) is 12.4 Å². The summed E-state index contributed by atoms with van der Waals surface area (Å²) < 4.78 is 11.4. The van der Waals surface area contributed by atoms with Crippen LogP contribution < -0.4 is 10.1 Å². The zero-order valence-corrected chi connectivity index (χ0v) is 15.0. The van der Waals surface area contributed by atoms with Crippen molar-refractivity contribution >= 4 is 12.4 Å². The highest BCUT2D eigenvalue weighted by molar-refractivity contribution is 5.85. The molecular formula is C18H29ClN2O2. The van der Waals surface area contributed by atoms with E-state index in [9.17, 15) is 0 Å². The average Bonchev–Trinajstić information content (AvgIpc) is 3.04. The van der Waals surface area contributed by atoms with Crippen molar-refractivity contribution in [2.24, 2.45) is 0 Å². The fourth-order valence-corrected chi connectivity index (χ4v) is 3.35. The van der Waals surface area contributed by atoms with E-state index in [4.69, 9.17) is 9.47 Å². The highest BCUT2D eigenvalue weighted by Gasteiger charge is 2.24. The molecule has 0 aliphatic carbocycles. The number of halogens is 1. The molecule has 2 aliphatic heterocycles. The molecule has 23 heavy (non-hydrogen) atoms. The number of hydrogen-bond acceptors (Lipinski definition) is 4. The smallest absolute Gasteiger partial charge is 0.119 e. The van der Waals surface area contributed by atoms with Crippen LogP contribution >= 0.6 is 12.4 Å². The SMILES string of the molecule is C[C@@H]1CNC[C@H](C)N1Cc1ccc(OCC2CCCO2)cc1.Cl. The van der Waals surface area contributed by atoms with E-state index in [1.807, 2.05) is 0 Å². The standard InChI is InChI=1S/C18H28N2O2.ClH/c1-14-10-19-11-15(2)20(14)12-16-5-7-17(8-6-16)22-13-18-4-3-9-21-18;/h5-8,14-15,18-19H,3-4,9-13H2,1-2H3;1H/t14-,15+,18?;. The summed E-state index contributed by atoms with van der Waals surface area (Å²) in [6.07, 6.45) is 2.56. The van der Waals surface area contributed by atoms with Gasteiger partial charge in [0.05, 0.1) is 6.10 Å². The lowest BCUT2D eigenvalue weighted by Crippen LogP contribution is -2.54. The van der Waals surface area contributed by atoms with E-state index in [-0.39, 0.29) is 18.5 Å². The van der Waals surface area contributed by atoms with Crippen LogP contribution in [0.15, 0.2) is 24.3 Å². The Morgan fingerprint density at radius 2 is 1.87 bits per heavy atom. The van der Waals surface area contributed by atoms with Crippen molar-refractivity contribution in [3.8, 4) is 5.75 Å². The van der Waals surface area contributed by atoms with Crippen LogP contribution in [0.25, 0.3) is 0 Å². The lowest BCUT2D eigenvalue weighted by atomic mass is 10.1. The number of ether oxygens (including phenoxy) is 2. The molecular weight excluding hydrogens is 312 g/mol. The predicted octanol–water partition coefficient (Wildman–Crippen LogP) is 2.85. The van der Waals surface area contributed by atoms with Crippen molar-refractivity contribution < 1.29 is 9.47 Å². The predicted molar refractivity (Wildman–Crippen MR) is 95.5 cm³/mol. The number of nitrogens with one attached hydrogen (secondary N) is 1. The lowest BCUT2D eigenvalue weighted by Gasteiger charge is -2.39. The van der Waals surface area contributed by atoms with Gasteiger partial charge in [0.1, 0.15) is 12.4 Å². The Balaban J connectivity index is 0.00000192. The summed E-state index contributed by atoms with van der Waals surface area (Å²) in [7, 11) is 0. The first kappa shape index (κ1) is 18.5. The fraction of sp³-hybridized carbons (Fsp3) is 0.667. The summed E-state index contributed by atoms with van der Waals surface area (Å²) in [6.45, 7) is 9.30. The highest BCUT2D eigenvalue weighted by atomic mass is 35.5. The molecule has 0 aromatic heterocycles. The van der Waals surface area contributed by atoms with Gasteiger partial charge in [-0.05, 0) is 44.4 Å². The summed E-state index contributed by atoms with van der Waals surface area (Å²) in [5, 5.41) is 3.48. The molecule has 0 spiro atoms. The van der Waals surface area contributed by atoms with Gasteiger partial charge in [0.25, 0.3) is 0 Å². The third kappa shape index (κ3) is 5.08. The number of benzene rings is 1. The maximum Gasteiger partial charge on any atom is 0.119 e. The van der Waals surface area contributed by atoms with Gasteiger partial charge in [-0.1, -0.05) is 12.1 Å². The lowest BCUT2D eigenvalue weighted by molar-refractivity contribution is 0.0679. The molecule has 2 fully saturated rings. The van der Waals surface area contributed by atoms with E-state index < -0.39 is 0 Å². The maximum absolute atomic E-state index is 5.83. The van der Waals surface area contributed by atoms with Gasteiger partial charge >= 0.3 is 0 Å². The van der Waals surface area contributed by atoms with Crippen LogP contribution in [0.4, 0.5) is 0 Å². The third-order valence-corrected chi connectivity index (χ3v) is 4.76. The van der Waals surface area contributed by atoms with E-state index in [1.54, 1.807) is 0 Å². The minimum atomic E-state index is 0. The molecule has 130 valence electrons. The second kappa shape index (κ2) is 8.88. The molecule has 5 heteroatoms. The molecule has 4 nitrogen and oxygen atoms in total. The average molecular weight is 341 g/mol. The Hall–Kier alpha value is -0.810. The molecule has 0 saturated carbocycles. The zero-order chi connectivity index (χ0) is 15.4. The van der Waals surface area contributed by atoms with Gasteiger partial charge in [0.2, 0.25) is 0 Å². The molecule has 1 N–H and O–H groups in total. The van der Waals surface area contributed by atoms with Gasteiger partial charge in [-0.25, -0.2) is 0 Å². The monoisotopic (exact) mass is 340 g/mol. The van der Waals surface area contributed by atoms with E-state index in [0.717, 1.165) is 44.8 Å². The van der Waals surface area contributed by atoms with Gasteiger partial charge in [-0.2, -0.15) is 0 Å². The van der Waals surface area contributed by atoms with Crippen molar-refractivity contribution in [3.63, 3.8) is 0 Å². The van der Waals surface area contributed by atoms with Crippen molar-refractivity contribution in [2.45, 2.75) is 51.4 Å². The van der Waals surface area contributed by atoms with Crippen LogP contribution in [-0.4, -0.2) is 49.4 Å². The minimum absolute atomic E-state index is 0. The third-order valence-electron chi connectivity index (χ3n) is 4.76. The molecule has 2 saturated heterocycles. The molecule has 0 bridgehead atoms. The Labute approximate surface area is 145 Å². The van der Waals surface area contributed by atoms with Crippen LogP contribution in [0, 0.1) is 0 Å². The van der Waals surface area contributed by atoms with E-state index in [0.29, 0.717) is 18.7 Å². The first-order valence-corrected chi connectivity index (χ1v) is 8.52. The Bertz CT molecular complexity index is 453. The summed E-state index contributed by atoms with van der Waals surface area (Å²) >= 11 is 0. The largest absolute Gasteiger partial charge is 0.491 e. The maximum atomic E-state index is 5.83. The molecule has 2 aliphatic rings. The van der Waals surface area contributed by atoms with Crippen molar-refractivity contribution in [1.29, 1.82) is 0 Å². The molecule has 3 atom stereocenters. The molecule has 1 unspecified atom stereocenters. The number of rotatable bonds is 5. The second-order valence-corrected chi connectivity index (χ2v) is 6.62. The fourth-order valence-electron chi connectivity index (χ4n) is 3.35. The summed E-state index contributed by atoms with van der Waals surface area (Å²) in [5.74, 6) is 0.945. The molecule has 0 radical (unpaired) electrons. The van der Waals surface area contributed by atoms with Crippen LogP contribution in [-0.2, 0) is 11.3 Å². The van der Waals surface area contributed by atoms with Gasteiger partial charge in [0, 0.05) is 38.3 Å². The van der Waals surface area contributed by atoms with Crippen molar-refractivity contribution in [2.75, 3.05) is 26.3 Å². The van der Waals surface area contributed by atoms with Crippen molar-refractivity contribution in [3.05, 3.63) is 29.8 Å². The molecule has 0 amide bonds. The van der Waals surface area contributed by atoms with Gasteiger partial charge in [-0.3, -0.25) is 4.90 Å². The Morgan fingerprint density at radius 1 is 1.17 bits per heavy atom. The van der Waals surface area contributed by atoms with Gasteiger partial charge < -0.3 is 14.8 Å². The highest BCUT2D eigenvalue weighted by Crippen LogP contribution is 2.19. The summed E-state index contributed by atoms with van der Waals surface area (Å²) in [4.78, 5) is 2.57. The summed E-state index contributed by atoms with van der Waals surface area (Å²) in [5.41, 5.74) is 1.35. The number of hydrogen-bond donors (Lipinski definition) is 1. The summed E-state index contributed by atoms with van der Waals surface area (Å²) in [6, 6.07) is 9.71. The van der Waals surface area contributed by atoms with Crippen LogP contribution in [0.2, 0.25) is 0 Å². The molecule has 1 aromatic rings. The van der Waals surface area contributed by atoms with E-state index >= 15 is 0 Å². The minimum Gasteiger partial charge on any atom is -0.491 e. The van der Waals surface area contributed by atoms with E-state index in [1.165, 1.54) is 5.56 Å². The first-order valence-electron chi connectivity index (χ1n) is 8.52. The topological polar surface area (TPSA) is 33.7 Å². The first-order chi connectivity index (χ1) is 10.7. The number of piperazine rings is 1. The Morgan fingerprint density at radius 3 is 2.48 bits per heavy atom. The Kier molecular flexibility index (Phi) is 7.15.